The van der Waals surface area contributed by atoms with Crippen LogP contribution in [0.2, 0.25) is 0 Å². The van der Waals surface area contributed by atoms with E-state index < -0.39 is 11.8 Å². The van der Waals surface area contributed by atoms with Crippen molar-refractivity contribution >= 4 is 22.6 Å². The first kappa shape index (κ1) is 22.9. The average molecular weight is 437 g/mol. The number of hydrogen-bond acceptors (Lipinski definition) is 7. The summed E-state index contributed by atoms with van der Waals surface area (Å²) in [5.74, 6) is 1.30. The fraction of sp³-hybridized carbons (Fsp3) is 0.280. The van der Waals surface area contributed by atoms with Gasteiger partial charge in [-0.05, 0) is 49.7 Å². The van der Waals surface area contributed by atoms with Gasteiger partial charge in [-0.25, -0.2) is 4.79 Å². The maximum atomic E-state index is 12.2. The number of fused-ring (bicyclic) bond motifs is 1. The van der Waals surface area contributed by atoms with E-state index in [1.54, 1.807) is 40.0 Å². The zero-order valence-corrected chi connectivity index (χ0v) is 19.1. The lowest BCUT2D eigenvalue weighted by atomic mass is 9.98. The molecule has 0 radical (unpaired) electrons. The molecule has 0 bridgehead atoms. The topological polar surface area (TPSA) is 75.6 Å². The molecule has 0 aliphatic carbocycles. The highest BCUT2D eigenvalue weighted by Gasteiger charge is 2.23. The number of benzene rings is 3. The van der Waals surface area contributed by atoms with Crippen molar-refractivity contribution in [1.82, 2.24) is 0 Å². The first-order chi connectivity index (χ1) is 15.3. The number of methoxy groups -OCH3 is 3. The minimum absolute atomic E-state index is 0.374. The van der Waals surface area contributed by atoms with Crippen molar-refractivity contribution in [2.24, 2.45) is 5.16 Å². The lowest BCUT2D eigenvalue weighted by Gasteiger charge is -2.18. The number of hydrogen-bond donors (Lipinski definition) is 0. The number of carbonyl (C=O) groups excluding carboxylic acids is 1. The van der Waals surface area contributed by atoms with Crippen LogP contribution < -0.4 is 14.2 Å². The molecule has 0 heterocycles. The Morgan fingerprint density at radius 2 is 1.50 bits per heavy atom. The van der Waals surface area contributed by atoms with Crippen LogP contribution in [0.5, 0.6) is 17.2 Å². The second-order valence-electron chi connectivity index (χ2n) is 7.94. The molecule has 0 fully saturated rings. The SMILES string of the molecule is COc1ccc(/C(=N\OC(=O)OC(C)(C)C)c2ccc3ccccc3c2)c(OC)c1OC. The van der Waals surface area contributed by atoms with Gasteiger partial charge in [-0.1, -0.05) is 41.6 Å². The molecule has 0 saturated carbocycles. The van der Waals surface area contributed by atoms with E-state index >= 15 is 0 Å². The summed E-state index contributed by atoms with van der Waals surface area (Å²) in [5, 5.41) is 6.24. The smallest absolute Gasteiger partial charge is 0.493 e. The van der Waals surface area contributed by atoms with Gasteiger partial charge in [0.2, 0.25) is 5.75 Å². The summed E-state index contributed by atoms with van der Waals surface area (Å²) < 4.78 is 21.7. The van der Waals surface area contributed by atoms with E-state index in [0.29, 0.717) is 28.5 Å². The molecule has 0 N–H and O–H groups in total. The highest BCUT2D eigenvalue weighted by Crippen LogP contribution is 2.41. The van der Waals surface area contributed by atoms with Gasteiger partial charge < -0.3 is 18.9 Å². The Bertz CT molecular complexity index is 1150. The Kier molecular flexibility index (Phi) is 6.88. The molecule has 0 saturated heterocycles. The molecule has 0 unspecified atom stereocenters. The molecule has 0 amide bonds. The number of ether oxygens (including phenoxy) is 4. The molecule has 3 aromatic carbocycles. The first-order valence-corrected chi connectivity index (χ1v) is 10.0. The fourth-order valence-electron chi connectivity index (χ4n) is 3.23. The molecule has 0 spiro atoms. The van der Waals surface area contributed by atoms with E-state index in [2.05, 4.69) is 5.16 Å². The van der Waals surface area contributed by atoms with E-state index in [1.807, 2.05) is 42.5 Å². The van der Waals surface area contributed by atoms with Gasteiger partial charge in [-0.2, -0.15) is 0 Å². The van der Waals surface area contributed by atoms with Crippen LogP contribution in [0.15, 0.2) is 59.8 Å². The van der Waals surface area contributed by atoms with Crippen molar-refractivity contribution in [2.45, 2.75) is 26.4 Å². The van der Waals surface area contributed by atoms with Gasteiger partial charge in [0.25, 0.3) is 0 Å². The molecule has 0 atom stereocenters. The molecule has 0 aromatic heterocycles. The zero-order valence-electron chi connectivity index (χ0n) is 19.1. The summed E-state index contributed by atoms with van der Waals surface area (Å²) in [7, 11) is 4.59. The number of nitrogens with zero attached hydrogens (tertiary/aromatic N) is 1. The van der Waals surface area contributed by atoms with Crippen molar-refractivity contribution in [1.29, 1.82) is 0 Å². The normalized spacial score (nSPS) is 11.8. The van der Waals surface area contributed by atoms with E-state index in [1.165, 1.54) is 14.2 Å². The van der Waals surface area contributed by atoms with Crippen LogP contribution in [0.4, 0.5) is 4.79 Å². The predicted molar refractivity (Wildman–Crippen MR) is 123 cm³/mol. The monoisotopic (exact) mass is 437 g/mol. The molecule has 168 valence electrons. The molecular weight excluding hydrogens is 410 g/mol. The second kappa shape index (κ2) is 9.60. The molecule has 32 heavy (non-hydrogen) atoms. The fourth-order valence-corrected chi connectivity index (χ4v) is 3.23. The van der Waals surface area contributed by atoms with Crippen LogP contribution in [0.25, 0.3) is 10.8 Å². The van der Waals surface area contributed by atoms with Gasteiger partial charge in [0.1, 0.15) is 11.3 Å². The summed E-state index contributed by atoms with van der Waals surface area (Å²) in [4.78, 5) is 17.3. The van der Waals surface area contributed by atoms with Crippen molar-refractivity contribution in [3.8, 4) is 17.2 Å². The van der Waals surface area contributed by atoms with Gasteiger partial charge in [-0.15, -0.1) is 0 Å². The third-order valence-electron chi connectivity index (χ3n) is 4.58. The number of carbonyl (C=O) groups is 1. The Labute approximate surface area is 187 Å². The van der Waals surface area contributed by atoms with Crippen LogP contribution in [-0.4, -0.2) is 38.8 Å². The summed E-state index contributed by atoms with van der Waals surface area (Å²) in [5.41, 5.74) is 0.942. The quantitative estimate of drug-likeness (QED) is 0.217. The van der Waals surface area contributed by atoms with Crippen molar-refractivity contribution in [3.05, 3.63) is 65.7 Å². The molecule has 3 rings (SSSR count). The van der Waals surface area contributed by atoms with E-state index in [4.69, 9.17) is 23.8 Å². The third-order valence-corrected chi connectivity index (χ3v) is 4.58. The van der Waals surface area contributed by atoms with Gasteiger partial charge >= 0.3 is 6.16 Å². The Hall–Kier alpha value is -3.74. The Balaban J connectivity index is 2.16. The van der Waals surface area contributed by atoms with E-state index in [9.17, 15) is 4.79 Å². The lowest BCUT2D eigenvalue weighted by Crippen LogP contribution is -2.23. The maximum Gasteiger partial charge on any atom is 0.535 e. The summed E-state index contributed by atoms with van der Waals surface area (Å²) in [6, 6.07) is 17.3. The Morgan fingerprint density at radius 3 is 2.12 bits per heavy atom. The molecular formula is C25H27NO6. The van der Waals surface area contributed by atoms with Crippen LogP contribution in [0, 0.1) is 0 Å². The van der Waals surface area contributed by atoms with Gasteiger partial charge in [0, 0.05) is 5.56 Å². The van der Waals surface area contributed by atoms with Crippen molar-refractivity contribution in [3.63, 3.8) is 0 Å². The van der Waals surface area contributed by atoms with Crippen LogP contribution in [0.1, 0.15) is 31.9 Å². The minimum Gasteiger partial charge on any atom is -0.493 e. The molecule has 0 aliphatic heterocycles. The largest absolute Gasteiger partial charge is 0.535 e. The van der Waals surface area contributed by atoms with Crippen molar-refractivity contribution < 1.29 is 28.6 Å². The summed E-state index contributed by atoms with van der Waals surface area (Å²) >= 11 is 0. The molecule has 7 heteroatoms. The highest BCUT2D eigenvalue weighted by molar-refractivity contribution is 6.16. The average Bonchev–Trinajstić information content (AvgIpc) is 2.77. The van der Waals surface area contributed by atoms with Crippen LogP contribution in [-0.2, 0) is 9.57 Å². The van der Waals surface area contributed by atoms with Crippen LogP contribution >= 0.6 is 0 Å². The maximum absolute atomic E-state index is 12.2. The molecule has 0 aliphatic rings. The van der Waals surface area contributed by atoms with Gasteiger partial charge in [0.05, 0.1) is 26.9 Å². The third kappa shape index (κ3) is 5.11. The van der Waals surface area contributed by atoms with E-state index in [-0.39, 0.29) is 0 Å². The van der Waals surface area contributed by atoms with Gasteiger partial charge in [-0.3, -0.25) is 4.84 Å². The summed E-state index contributed by atoms with van der Waals surface area (Å²) in [6.07, 6.45) is -0.907. The van der Waals surface area contributed by atoms with Crippen molar-refractivity contribution in [2.75, 3.05) is 21.3 Å². The zero-order chi connectivity index (χ0) is 23.3. The highest BCUT2D eigenvalue weighted by atomic mass is 16.8. The molecule has 7 nitrogen and oxygen atoms in total. The lowest BCUT2D eigenvalue weighted by molar-refractivity contribution is -0.00614. The standard InChI is InChI=1S/C25H27NO6/c1-25(2,3)31-24(27)32-26-21(18-12-11-16-9-7-8-10-17(16)15-18)19-13-14-20(28-4)23(30-6)22(19)29-5/h7-15H,1-6H3/b26-21-. The second-order valence-corrected chi connectivity index (χ2v) is 7.94. The number of oxime groups is 1. The molecule has 3 aromatic rings. The first-order valence-electron chi connectivity index (χ1n) is 10.0. The summed E-state index contributed by atoms with van der Waals surface area (Å²) in [6.45, 7) is 5.25. The van der Waals surface area contributed by atoms with E-state index in [0.717, 1.165) is 16.3 Å². The number of rotatable bonds is 6. The predicted octanol–water partition coefficient (Wildman–Crippen LogP) is 5.57. The van der Waals surface area contributed by atoms with Gasteiger partial charge in [0.15, 0.2) is 11.5 Å². The minimum atomic E-state index is -0.907. The Morgan fingerprint density at radius 1 is 0.812 bits per heavy atom. The van der Waals surface area contributed by atoms with Crippen LogP contribution in [0.3, 0.4) is 0 Å².